The van der Waals surface area contributed by atoms with E-state index in [1.54, 1.807) is 11.8 Å². The fourth-order valence-corrected chi connectivity index (χ4v) is 4.76. The van der Waals surface area contributed by atoms with Crippen LogP contribution in [0.5, 0.6) is 0 Å². The Morgan fingerprint density at radius 3 is 3.08 bits per heavy atom. The van der Waals surface area contributed by atoms with Crippen LogP contribution in [0, 0.1) is 19.8 Å². The number of ether oxygens (including phenoxy) is 1. The number of thioether (sulfide) groups is 1. The van der Waals surface area contributed by atoms with Crippen LogP contribution in [0.2, 0.25) is 0 Å². The van der Waals surface area contributed by atoms with Gasteiger partial charge in [0.2, 0.25) is 5.91 Å². The molecule has 3 atom stereocenters. The summed E-state index contributed by atoms with van der Waals surface area (Å²) in [6.45, 7) is 5.07. The highest BCUT2D eigenvalue weighted by molar-refractivity contribution is 7.99. The smallest absolute Gasteiger partial charge is 0.221 e. The molecule has 5 heteroatoms. The lowest BCUT2D eigenvalue weighted by Gasteiger charge is -2.39. The Bertz CT molecular complexity index is 808. The molecule has 0 unspecified atom stereocenters. The first kappa shape index (κ1) is 16.9. The van der Waals surface area contributed by atoms with Crippen molar-refractivity contribution in [3.63, 3.8) is 0 Å². The van der Waals surface area contributed by atoms with Gasteiger partial charge in [-0.25, -0.2) is 4.98 Å². The molecule has 1 aliphatic carbocycles. The molecule has 1 aromatic carbocycles. The fraction of sp³-hybridized carbons (Fsp3) is 0.500. The van der Waals surface area contributed by atoms with Crippen molar-refractivity contribution in [3.8, 4) is 0 Å². The molecule has 2 aromatic rings. The van der Waals surface area contributed by atoms with E-state index in [1.807, 2.05) is 0 Å². The van der Waals surface area contributed by atoms with Gasteiger partial charge in [-0.3, -0.25) is 4.79 Å². The first-order valence-electron chi connectivity index (χ1n) is 9.02. The molecule has 1 N–H and O–H groups in total. The van der Waals surface area contributed by atoms with Crippen molar-refractivity contribution in [1.29, 1.82) is 0 Å². The van der Waals surface area contributed by atoms with Crippen molar-refractivity contribution in [2.45, 2.75) is 50.3 Å². The number of carbonyl (C=O) groups is 1. The molecule has 25 heavy (non-hydrogen) atoms. The van der Waals surface area contributed by atoms with Crippen LogP contribution < -0.4 is 5.32 Å². The predicted octanol–water partition coefficient (Wildman–Crippen LogP) is 3.63. The number of pyridine rings is 1. The number of aryl methyl sites for hydroxylation is 2. The van der Waals surface area contributed by atoms with E-state index in [0.717, 1.165) is 35.7 Å². The number of fused-ring (bicyclic) bond motifs is 2. The second-order valence-electron chi connectivity index (χ2n) is 7.17. The number of benzene rings is 1. The second-order valence-corrected chi connectivity index (χ2v) is 8.28. The van der Waals surface area contributed by atoms with Gasteiger partial charge in [0, 0.05) is 36.1 Å². The summed E-state index contributed by atoms with van der Waals surface area (Å²) in [5.74, 6) is 1.45. The Morgan fingerprint density at radius 2 is 2.24 bits per heavy atom. The molecule has 1 saturated heterocycles. The van der Waals surface area contributed by atoms with Gasteiger partial charge in [0.05, 0.1) is 16.6 Å². The second kappa shape index (κ2) is 6.96. The van der Waals surface area contributed by atoms with E-state index in [4.69, 9.17) is 9.72 Å². The Balaban J connectivity index is 1.30. The zero-order valence-corrected chi connectivity index (χ0v) is 15.6. The highest BCUT2D eigenvalue weighted by atomic mass is 32.2. The molecule has 0 bridgehead atoms. The number of rotatable bonds is 5. The maximum Gasteiger partial charge on any atom is 0.221 e. The van der Waals surface area contributed by atoms with E-state index in [9.17, 15) is 4.79 Å². The van der Waals surface area contributed by atoms with Crippen molar-refractivity contribution in [3.05, 3.63) is 35.4 Å². The molecule has 1 amide bonds. The molecular weight excluding hydrogens is 332 g/mol. The van der Waals surface area contributed by atoms with Crippen LogP contribution in [0.1, 0.15) is 30.4 Å². The quantitative estimate of drug-likeness (QED) is 0.831. The number of carbonyl (C=O) groups excluding carboxylic acids is 1. The molecule has 2 aliphatic rings. The van der Waals surface area contributed by atoms with Crippen LogP contribution in [0.15, 0.2) is 29.3 Å². The van der Waals surface area contributed by atoms with Crippen molar-refractivity contribution in [2.24, 2.45) is 5.92 Å². The number of hydrogen-bond acceptors (Lipinski definition) is 4. The topological polar surface area (TPSA) is 51.2 Å². The summed E-state index contributed by atoms with van der Waals surface area (Å²) in [6, 6.07) is 8.80. The van der Waals surface area contributed by atoms with Crippen molar-refractivity contribution < 1.29 is 9.53 Å². The number of hydrogen-bond donors (Lipinski definition) is 1. The van der Waals surface area contributed by atoms with E-state index in [2.05, 4.69) is 43.4 Å². The zero-order chi connectivity index (χ0) is 17.4. The zero-order valence-electron chi connectivity index (χ0n) is 14.7. The van der Waals surface area contributed by atoms with E-state index in [-0.39, 0.29) is 5.91 Å². The monoisotopic (exact) mass is 356 g/mol. The SMILES string of the molecule is Cc1ccc2nc(SCCC(=O)N[C@@H]3C[C@@H]4OCC[C@@H]43)cc(C)c2c1. The third-order valence-corrected chi connectivity index (χ3v) is 6.25. The average molecular weight is 356 g/mol. The molecule has 4 nitrogen and oxygen atoms in total. The maximum atomic E-state index is 12.2. The summed E-state index contributed by atoms with van der Waals surface area (Å²) in [7, 11) is 0. The van der Waals surface area contributed by atoms with Crippen LogP contribution in [-0.4, -0.2) is 35.4 Å². The molecule has 132 valence electrons. The molecule has 1 saturated carbocycles. The van der Waals surface area contributed by atoms with Crippen molar-refractivity contribution >= 4 is 28.6 Å². The van der Waals surface area contributed by atoms with E-state index < -0.39 is 0 Å². The Morgan fingerprint density at radius 1 is 1.36 bits per heavy atom. The van der Waals surface area contributed by atoms with Crippen LogP contribution in [-0.2, 0) is 9.53 Å². The van der Waals surface area contributed by atoms with Gasteiger partial charge < -0.3 is 10.1 Å². The first-order chi connectivity index (χ1) is 12.1. The number of aromatic nitrogens is 1. The van der Waals surface area contributed by atoms with Crippen molar-refractivity contribution in [2.75, 3.05) is 12.4 Å². The molecule has 1 aliphatic heterocycles. The maximum absolute atomic E-state index is 12.2. The molecule has 1 aromatic heterocycles. The lowest BCUT2D eigenvalue weighted by molar-refractivity contribution is -0.123. The van der Waals surface area contributed by atoms with Gasteiger partial charge in [0.15, 0.2) is 0 Å². The predicted molar refractivity (Wildman–Crippen MR) is 101 cm³/mol. The lowest BCUT2D eigenvalue weighted by atomic mass is 9.76. The molecule has 4 rings (SSSR count). The minimum Gasteiger partial charge on any atom is -0.378 e. The van der Waals surface area contributed by atoms with Crippen LogP contribution in [0.4, 0.5) is 0 Å². The third kappa shape index (κ3) is 3.53. The largest absolute Gasteiger partial charge is 0.378 e. The molecular formula is C20H24N2O2S. The molecule has 0 spiro atoms. The van der Waals surface area contributed by atoms with Gasteiger partial charge in [-0.05, 0) is 50.5 Å². The summed E-state index contributed by atoms with van der Waals surface area (Å²) in [5, 5.41) is 5.37. The number of amides is 1. The normalized spacial score (nSPS) is 24.8. The Labute approximate surface area is 152 Å². The Kier molecular flexibility index (Phi) is 4.69. The molecule has 0 radical (unpaired) electrons. The van der Waals surface area contributed by atoms with Gasteiger partial charge >= 0.3 is 0 Å². The Hall–Kier alpha value is -1.59. The van der Waals surface area contributed by atoms with Gasteiger partial charge in [-0.2, -0.15) is 0 Å². The van der Waals surface area contributed by atoms with Crippen LogP contribution in [0.3, 0.4) is 0 Å². The lowest BCUT2D eigenvalue weighted by Crippen LogP contribution is -2.53. The summed E-state index contributed by atoms with van der Waals surface area (Å²) < 4.78 is 5.59. The van der Waals surface area contributed by atoms with Gasteiger partial charge in [-0.1, -0.05) is 11.6 Å². The minimum atomic E-state index is 0.149. The van der Waals surface area contributed by atoms with E-state index in [0.29, 0.717) is 24.5 Å². The van der Waals surface area contributed by atoms with Crippen molar-refractivity contribution in [1.82, 2.24) is 10.3 Å². The standard InChI is InChI=1S/C20H24N2O2S/c1-12-3-4-16-15(9-12)13(2)10-20(22-16)25-8-6-19(23)21-17-11-18-14(17)5-7-24-18/h3-4,9-10,14,17-18H,5-8,11H2,1-2H3,(H,21,23)/t14-,17-,18+/m1/s1. The minimum absolute atomic E-state index is 0.149. The average Bonchev–Trinajstić information content (AvgIpc) is 2.94. The molecule has 2 fully saturated rings. The summed E-state index contributed by atoms with van der Waals surface area (Å²) in [6.07, 6.45) is 3.00. The third-order valence-electron chi connectivity index (χ3n) is 5.34. The van der Waals surface area contributed by atoms with E-state index in [1.165, 1.54) is 16.5 Å². The fourth-order valence-electron chi connectivity index (χ4n) is 3.84. The van der Waals surface area contributed by atoms with Gasteiger partial charge in [0.25, 0.3) is 0 Å². The van der Waals surface area contributed by atoms with E-state index >= 15 is 0 Å². The highest BCUT2D eigenvalue weighted by Gasteiger charge is 2.45. The molecule has 2 heterocycles. The van der Waals surface area contributed by atoms with Gasteiger partial charge in [-0.15, -0.1) is 11.8 Å². The number of nitrogens with zero attached hydrogens (tertiary/aromatic N) is 1. The van der Waals surface area contributed by atoms with Crippen LogP contribution >= 0.6 is 11.8 Å². The highest BCUT2D eigenvalue weighted by Crippen LogP contribution is 2.38. The number of nitrogens with one attached hydrogen (secondary N) is 1. The first-order valence-corrected chi connectivity index (χ1v) is 10.0. The van der Waals surface area contributed by atoms with Crippen LogP contribution in [0.25, 0.3) is 10.9 Å². The summed E-state index contributed by atoms with van der Waals surface area (Å²) in [4.78, 5) is 16.9. The summed E-state index contributed by atoms with van der Waals surface area (Å²) >= 11 is 1.66. The summed E-state index contributed by atoms with van der Waals surface area (Å²) in [5.41, 5.74) is 3.52. The van der Waals surface area contributed by atoms with Gasteiger partial charge in [0.1, 0.15) is 0 Å².